The van der Waals surface area contributed by atoms with Crippen LogP contribution in [0.4, 0.5) is 11.4 Å². The van der Waals surface area contributed by atoms with E-state index in [4.69, 9.17) is 13.1 Å². The molecule has 0 aliphatic heterocycles. The monoisotopic (exact) mass is 699 g/mol. The van der Waals surface area contributed by atoms with Crippen LogP contribution in [0.1, 0.15) is 0 Å². The molecule has 0 N–H and O–H groups in total. The third kappa shape index (κ3) is 4.45. The first-order chi connectivity index (χ1) is 27.2. The zero-order valence-corrected chi connectivity index (χ0v) is 29.5. The van der Waals surface area contributed by atoms with Gasteiger partial charge in [0.25, 0.3) is 0 Å². The van der Waals surface area contributed by atoms with E-state index in [0.29, 0.717) is 11.4 Å². The summed E-state index contributed by atoms with van der Waals surface area (Å²) in [7, 11) is 0. The Morgan fingerprint density at radius 2 is 0.855 bits per heavy atom. The maximum atomic E-state index is 8.58. The Hall–Kier alpha value is -7.86. The third-order valence-electron chi connectivity index (χ3n) is 11.1. The lowest BCUT2D eigenvalue weighted by Gasteiger charge is -2.15. The Morgan fingerprint density at radius 1 is 0.345 bits per heavy atom. The molecule has 0 saturated carbocycles. The minimum Gasteiger partial charge on any atom is -0.319 e. The van der Waals surface area contributed by atoms with Crippen molar-refractivity contribution in [1.82, 2.24) is 13.7 Å². The molecule has 8 aromatic carbocycles. The van der Waals surface area contributed by atoms with Gasteiger partial charge < -0.3 is 13.7 Å². The summed E-state index contributed by atoms with van der Waals surface area (Å²) < 4.78 is 6.87. The average Bonchev–Trinajstić information content (AvgIpc) is 3.88. The van der Waals surface area contributed by atoms with Crippen LogP contribution in [0.2, 0.25) is 0 Å². The van der Waals surface area contributed by atoms with E-state index in [1.807, 2.05) is 24.3 Å². The summed E-state index contributed by atoms with van der Waals surface area (Å²) in [6.07, 6.45) is 0. The van der Waals surface area contributed by atoms with Gasteiger partial charge in [0.15, 0.2) is 5.69 Å². The second-order valence-corrected chi connectivity index (χ2v) is 13.9. The second kappa shape index (κ2) is 11.8. The number of hydrogen-bond donors (Lipinski definition) is 0. The van der Waals surface area contributed by atoms with Crippen LogP contribution in [-0.4, -0.2) is 13.7 Å². The topological polar surface area (TPSA) is 23.5 Å². The van der Waals surface area contributed by atoms with Crippen LogP contribution < -0.4 is 0 Å². The number of hydrogen-bond acceptors (Lipinski definition) is 0. The normalized spacial score (nSPS) is 11.6. The molecule has 11 aromatic rings. The molecule has 0 spiro atoms. The van der Waals surface area contributed by atoms with Crippen molar-refractivity contribution < 1.29 is 0 Å². The molecule has 0 saturated heterocycles. The molecular formula is C50H29N5. The maximum absolute atomic E-state index is 8.58. The molecule has 3 aromatic heterocycles. The maximum Gasteiger partial charge on any atom is 0.218 e. The van der Waals surface area contributed by atoms with Crippen molar-refractivity contribution in [2.45, 2.75) is 0 Å². The van der Waals surface area contributed by atoms with Crippen molar-refractivity contribution in [2.24, 2.45) is 0 Å². The van der Waals surface area contributed by atoms with Gasteiger partial charge in [-0.2, -0.15) is 0 Å². The minimum atomic E-state index is 0.601. The summed E-state index contributed by atoms with van der Waals surface area (Å²) in [6.45, 7) is 16.1. The predicted octanol–water partition coefficient (Wildman–Crippen LogP) is 13.7. The molecule has 3 heterocycles. The van der Waals surface area contributed by atoms with Gasteiger partial charge in [-0.3, -0.25) is 0 Å². The molecule has 5 heteroatoms. The lowest BCUT2D eigenvalue weighted by Crippen LogP contribution is -1.98. The van der Waals surface area contributed by atoms with E-state index in [-0.39, 0.29) is 0 Å². The van der Waals surface area contributed by atoms with E-state index in [2.05, 4.69) is 175 Å². The van der Waals surface area contributed by atoms with Crippen molar-refractivity contribution in [3.63, 3.8) is 0 Å². The summed E-state index contributed by atoms with van der Waals surface area (Å²) in [5, 5.41) is 6.90. The van der Waals surface area contributed by atoms with Crippen LogP contribution >= 0.6 is 0 Å². The molecule has 0 unspecified atom stereocenters. The lowest BCUT2D eigenvalue weighted by atomic mass is 10.0. The average molecular weight is 700 g/mol. The fourth-order valence-corrected chi connectivity index (χ4v) is 8.72. The Kier molecular flexibility index (Phi) is 6.61. The molecule has 11 rings (SSSR count). The fraction of sp³-hybridized carbons (Fsp3) is 0. The first kappa shape index (κ1) is 30.7. The molecule has 0 bridgehead atoms. The quantitative estimate of drug-likeness (QED) is 0.163. The van der Waals surface area contributed by atoms with Gasteiger partial charge in [0, 0.05) is 38.3 Å². The first-order valence-corrected chi connectivity index (χ1v) is 18.3. The van der Waals surface area contributed by atoms with Gasteiger partial charge in [0.1, 0.15) is 0 Å². The third-order valence-corrected chi connectivity index (χ3v) is 11.1. The second-order valence-electron chi connectivity index (χ2n) is 13.9. The molecule has 0 aliphatic rings. The van der Waals surface area contributed by atoms with Crippen LogP contribution in [0, 0.1) is 13.1 Å². The minimum absolute atomic E-state index is 0.601. The van der Waals surface area contributed by atoms with E-state index in [1.165, 1.54) is 10.8 Å². The molecule has 55 heavy (non-hydrogen) atoms. The van der Waals surface area contributed by atoms with E-state index >= 15 is 0 Å². The number of benzene rings is 8. The fourth-order valence-electron chi connectivity index (χ4n) is 8.72. The van der Waals surface area contributed by atoms with Crippen LogP contribution in [-0.2, 0) is 0 Å². The highest BCUT2D eigenvalue weighted by molar-refractivity contribution is 6.13. The summed E-state index contributed by atoms with van der Waals surface area (Å²) in [6, 6.07) is 61.3. The predicted molar refractivity (Wildman–Crippen MR) is 227 cm³/mol. The molecule has 5 nitrogen and oxygen atoms in total. The molecule has 254 valence electrons. The van der Waals surface area contributed by atoms with Crippen molar-refractivity contribution in [2.75, 3.05) is 0 Å². The highest BCUT2D eigenvalue weighted by atomic mass is 15.0. The van der Waals surface area contributed by atoms with Crippen LogP contribution in [0.5, 0.6) is 0 Å². The van der Waals surface area contributed by atoms with Gasteiger partial charge in [0.05, 0.1) is 51.9 Å². The molecule has 0 atom stereocenters. The summed E-state index contributed by atoms with van der Waals surface area (Å²) in [5.74, 6) is 0. The van der Waals surface area contributed by atoms with Crippen LogP contribution in [0.3, 0.4) is 0 Å². The first-order valence-electron chi connectivity index (χ1n) is 18.3. The molecule has 0 radical (unpaired) electrons. The van der Waals surface area contributed by atoms with E-state index in [9.17, 15) is 0 Å². The van der Waals surface area contributed by atoms with Crippen molar-refractivity contribution >= 4 is 76.8 Å². The lowest BCUT2D eigenvalue weighted by molar-refractivity contribution is 1.16. The van der Waals surface area contributed by atoms with E-state index in [1.54, 1.807) is 0 Å². The van der Waals surface area contributed by atoms with E-state index < -0.39 is 0 Å². The zero-order valence-electron chi connectivity index (χ0n) is 29.5. The van der Waals surface area contributed by atoms with E-state index in [0.717, 1.165) is 82.8 Å². The van der Waals surface area contributed by atoms with Crippen molar-refractivity contribution in [1.29, 1.82) is 0 Å². The van der Waals surface area contributed by atoms with Crippen molar-refractivity contribution in [3.8, 4) is 28.2 Å². The van der Waals surface area contributed by atoms with Gasteiger partial charge in [-0.05, 0) is 83.2 Å². The standard InChI is InChI=1S/C50H29N5/c1-51-33-24-29-47-42(30-33)40-15-6-9-19-45(40)53(47)34-25-22-32(23-26-34)36-16-11-21-48(50(36)52-2)55-46-20-10-5-14-39(46)41-28-27-35(31-49(41)55)54-43-17-7-3-12-37(43)38-13-4-8-18-44(38)54/h3-31H. The molecular weight excluding hydrogens is 671 g/mol. The van der Waals surface area contributed by atoms with Crippen molar-refractivity contribution in [3.05, 3.63) is 199 Å². The largest absolute Gasteiger partial charge is 0.319 e. The Balaban J connectivity index is 1.09. The Bertz CT molecular complexity index is 3400. The van der Waals surface area contributed by atoms with Gasteiger partial charge in [-0.25, -0.2) is 9.69 Å². The SMILES string of the molecule is [C-]#[N+]c1ccc2c(c1)c1ccccc1n2-c1ccc(-c2cccc(-n3c4ccccc4c4ccc(-n5c6ccccc6c6ccccc65)cc43)c2[N+]#[C-])cc1. The highest BCUT2D eigenvalue weighted by Crippen LogP contribution is 2.42. The zero-order chi connectivity index (χ0) is 36.6. The molecule has 0 amide bonds. The number of para-hydroxylation sites is 5. The number of aromatic nitrogens is 3. The molecule has 0 aliphatic carbocycles. The summed E-state index contributed by atoms with van der Waals surface area (Å²) in [4.78, 5) is 7.92. The van der Waals surface area contributed by atoms with Gasteiger partial charge in [-0.15, -0.1) is 0 Å². The Labute approximate surface area is 316 Å². The van der Waals surface area contributed by atoms with Gasteiger partial charge in [-0.1, -0.05) is 109 Å². The molecule has 0 fully saturated rings. The summed E-state index contributed by atoms with van der Waals surface area (Å²) >= 11 is 0. The Morgan fingerprint density at radius 3 is 1.45 bits per heavy atom. The van der Waals surface area contributed by atoms with Crippen LogP contribution in [0.15, 0.2) is 176 Å². The van der Waals surface area contributed by atoms with Gasteiger partial charge >= 0.3 is 0 Å². The number of fused-ring (bicyclic) bond motifs is 9. The van der Waals surface area contributed by atoms with Gasteiger partial charge in [0.2, 0.25) is 5.69 Å². The number of nitrogens with zero attached hydrogens (tertiary/aromatic N) is 5. The smallest absolute Gasteiger partial charge is 0.218 e. The number of rotatable bonds is 4. The summed E-state index contributed by atoms with van der Waals surface area (Å²) in [5.41, 5.74) is 12.6. The highest BCUT2D eigenvalue weighted by Gasteiger charge is 2.20. The van der Waals surface area contributed by atoms with Crippen LogP contribution in [0.25, 0.3) is 103 Å².